The van der Waals surface area contributed by atoms with Crippen LogP contribution in [0.1, 0.15) is 24.0 Å². The molecule has 2 aliphatic rings. The Hall–Kier alpha value is -2.72. The number of Topliss-reactive ketones (excluding diaryl/α,β-unsaturated/α-hetero) is 1. The largest absolute Gasteiger partial charge is 0.454 e. The maximum absolute atomic E-state index is 13.2. The lowest BCUT2D eigenvalue weighted by Crippen LogP contribution is -2.22. The van der Waals surface area contributed by atoms with E-state index in [9.17, 15) is 4.79 Å². The first-order valence-corrected chi connectivity index (χ1v) is 9.91. The van der Waals surface area contributed by atoms with E-state index in [1.807, 2.05) is 42.5 Å². The maximum Gasteiger partial charge on any atom is 0.231 e. The van der Waals surface area contributed by atoms with Crippen molar-refractivity contribution in [3.8, 4) is 22.6 Å². The Kier molecular flexibility index (Phi) is 4.17. The van der Waals surface area contributed by atoms with Crippen molar-refractivity contribution in [1.29, 1.82) is 0 Å². The Morgan fingerprint density at radius 3 is 2.46 bits per heavy atom. The average molecular weight is 388 g/mol. The van der Waals surface area contributed by atoms with Crippen LogP contribution in [0, 0.1) is 0 Å². The van der Waals surface area contributed by atoms with Crippen molar-refractivity contribution in [2.24, 2.45) is 0 Å². The van der Waals surface area contributed by atoms with Gasteiger partial charge in [-0.1, -0.05) is 42.5 Å². The molecule has 28 heavy (non-hydrogen) atoms. The van der Waals surface area contributed by atoms with Crippen LogP contribution in [0.15, 0.2) is 71.6 Å². The van der Waals surface area contributed by atoms with Crippen molar-refractivity contribution < 1.29 is 14.3 Å². The van der Waals surface area contributed by atoms with Gasteiger partial charge in [0.15, 0.2) is 11.5 Å². The Labute approximate surface area is 169 Å². The van der Waals surface area contributed by atoms with Crippen LogP contribution < -0.4 is 9.47 Å². The second kappa shape index (κ2) is 6.71. The number of ketones is 1. The van der Waals surface area contributed by atoms with Crippen molar-refractivity contribution in [2.45, 2.75) is 29.6 Å². The van der Waals surface area contributed by atoms with Gasteiger partial charge in [0.05, 0.1) is 5.41 Å². The third kappa shape index (κ3) is 3.08. The normalized spacial score (nSPS) is 16.0. The predicted molar refractivity (Wildman–Crippen MR) is 111 cm³/mol. The van der Waals surface area contributed by atoms with Crippen molar-refractivity contribution in [3.63, 3.8) is 0 Å². The number of carbonyl (C=O) groups is 1. The summed E-state index contributed by atoms with van der Waals surface area (Å²) in [5, 5.41) is 0. The highest BCUT2D eigenvalue weighted by Crippen LogP contribution is 2.51. The molecule has 0 aromatic heterocycles. The zero-order valence-corrected chi connectivity index (χ0v) is 16.2. The molecule has 0 bridgehead atoms. The van der Waals surface area contributed by atoms with Gasteiger partial charge in [-0.15, -0.1) is 12.6 Å². The molecule has 3 aromatic carbocycles. The third-order valence-corrected chi connectivity index (χ3v) is 6.00. The summed E-state index contributed by atoms with van der Waals surface area (Å²) >= 11 is 4.35. The molecule has 0 atom stereocenters. The van der Waals surface area contributed by atoms with Gasteiger partial charge < -0.3 is 9.47 Å². The number of rotatable bonds is 5. The van der Waals surface area contributed by atoms with Crippen LogP contribution in [-0.4, -0.2) is 12.6 Å². The smallest absolute Gasteiger partial charge is 0.231 e. The van der Waals surface area contributed by atoms with Crippen molar-refractivity contribution in [1.82, 2.24) is 0 Å². The summed E-state index contributed by atoms with van der Waals surface area (Å²) in [5.41, 5.74) is 3.97. The molecular formula is C24H20O3S. The molecular weight excluding hydrogens is 368 g/mol. The van der Waals surface area contributed by atoms with Gasteiger partial charge in [-0.05, 0) is 59.4 Å². The molecule has 0 radical (unpaired) electrons. The number of thiol groups is 1. The highest BCUT2D eigenvalue weighted by molar-refractivity contribution is 7.80. The van der Waals surface area contributed by atoms with E-state index in [1.54, 1.807) is 0 Å². The Morgan fingerprint density at radius 2 is 1.68 bits per heavy atom. The van der Waals surface area contributed by atoms with Crippen LogP contribution in [0.2, 0.25) is 0 Å². The Morgan fingerprint density at radius 1 is 0.893 bits per heavy atom. The first-order valence-electron chi connectivity index (χ1n) is 9.46. The molecule has 4 heteroatoms. The molecule has 0 unspecified atom stereocenters. The minimum absolute atomic E-state index is 0.251. The SMILES string of the molecule is O=C(Cc1cccc(-c2ccc(S)cc2)c1)C1(c2ccc3c(c2)OCO3)CC1. The number of hydrogen-bond donors (Lipinski definition) is 1. The van der Waals surface area contributed by atoms with Crippen LogP contribution in [0.25, 0.3) is 11.1 Å². The van der Waals surface area contributed by atoms with E-state index in [1.165, 1.54) is 0 Å². The second-order valence-corrected chi connectivity index (χ2v) is 8.01. The highest BCUT2D eigenvalue weighted by atomic mass is 32.1. The molecule has 1 fully saturated rings. The van der Waals surface area contributed by atoms with Crippen LogP contribution in [0.4, 0.5) is 0 Å². The van der Waals surface area contributed by atoms with E-state index < -0.39 is 0 Å². The number of benzene rings is 3. The van der Waals surface area contributed by atoms with E-state index in [2.05, 4.69) is 36.9 Å². The standard InChI is InChI=1S/C24H20O3S/c25-23(24(10-11-24)19-6-9-21-22(14-19)27-15-26-21)13-16-2-1-3-18(12-16)17-4-7-20(28)8-5-17/h1-9,12,14,28H,10-11,13,15H2. The zero-order valence-electron chi connectivity index (χ0n) is 15.4. The second-order valence-electron chi connectivity index (χ2n) is 7.50. The summed E-state index contributed by atoms with van der Waals surface area (Å²) in [6.07, 6.45) is 2.23. The van der Waals surface area contributed by atoms with Gasteiger partial charge in [-0.3, -0.25) is 4.79 Å². The fourth-order valence-electron chi connectivity index (χ4n) is 3.92. The molecule has 1 aliphatic carbocycles. The van der Waals surface area contributed by atoms with E-state index in [0.717, 1.165) is 51.5 Å². The van der Waals surface area contributed by atoms with E-state index in [-0.39, 0.29) is 18.0 Å². The highest BCUT2D eigenvalue weighted by Gasteiger charge is 2.50. The maximum atomic E-state index is 13.2. The summed E-state index contributed by atoms with van der Waals surface area (Å²) in [4.78, 5) is 14.1. The monoisotopic (exact) mass is 388 g/mol. The van der Waals surface area contributed by atoms with E-state index in [0.29, 0.717) is 6.42 Å². The van der Waals surface area contributed by atoms with Crippen LogP contribution in [0.5, 0.6) is 11.5 Å². The molecule has 1 saturated carbocycles. The number of fused-ring (bicyclic) bond motifs is 1. The minimum Gasteiger partial charge on any atom is -0.454 e. The van der Waals surface area contributed by atoms with Gasteiger partial charge in [0.1, 0.15) is 5.78 Å². The molecule has 3 aromatic rings. The molecule has 3 nitrogen and oxygen atoms in total. The van der Waals surface area contributed by atoms with Gasteiger partial charge in [-0.25, -0.2) is 0 Å². The van der Waals surface area contributed by atoms with Gasteiger partial charge >= 0.3 is 0 Å². The number of hydrogen-bond acceptors (Lipinski definition) is 4. The van der Waals surface area contributed by atoms with Gasteiger partial charge in [0.2, 0.25) is 6.79 Å². The third-order valence-electron chi connectivity index (χ3n) is 5.70. The quantitative estimate of drug-likeness (QED) is 0.609. The molecule has 0 saturated heterocycles. The van der Waals surface area contributed by atoms with Crippen LogP contribution in [-0.2, 0) is 16.6 Å². The van der Waals surface area contributed by atoms with Gasteiger partial charge in [-0.2, -0.15) is 0 Å². The zero-order chi connectivity index (χ0) is 19.1. The lowest BCUT2D eigenvalue weighted by Gasteiger charge is -2.15. The van der Waals surface area contributed by atoms with Crippen LogP contribution >= 0.6 is 12.6 Å². The summed E-state index contributed by atoms with van der Waals surface area (Å²) in [7, 11) is 0. The van der Waals surface area contributed by atoms with Crippen molar-refractivity contribution in [2.75, 3.05) is 6.79 Å². The summed E-state index contributed by atoms with van der Waals surface area (Å²) in [6.45, 7) is 0.251. The molecule has 5 rings (SSSR count). The lowest BCUT2D eigenvalue weighted by molar-refractivity contribution is -0.120. The van der Waals surface area contributed by atoms with E-state index >= 15 is 0 Å². The minimum atomic E-state index is -0.370. The Balaban J connectivity index is 1.38. The fourth-order valence-corrected chi connectivity index (χ4v) is 4.07. The molecule has 140 valence electrons. The fraction of sp³-hybridized carbons (Fsp3) is 0.208. The molecule has 0 amide bonds. The molecule has 1 heterocycles. The first kappa shape index (κ1) is 17.4. The Bertz CT molecular complexity index is 1050. The molecule has 1 aliphatic heterocycles. The predicted octanol–water partition coefficient (Wildman–Crippen LogP) is 5.21. The lowest BCUT2D eigenvalue weighted by atomic mass is 9.87. The first-order chi connectivity index (χ1) is 13.6. The average Bonchev–Trinajstić information content (AvgIpc) is 3.40. The number of carbonyl (C=O) groups excluding carboxylic acids is 1. The van der Waals surface area contributed by atoms with E-state index in [4.69, 9.17) is 9.47 Å². The van der Waals surface area contributed by atoms with Gasteiger partial charge in [0.25, 0.3) is 0 Å². The van der Waals surface area contributed by atoms with Crippen molar-refractivity contribution >= 4 is 18.4 Å². The molecule has 0 spiro atoms. The summed E-state index contributed by atoms with van der Waals surface area (Å²) < 4.78 is 10.9. The number of ether oxygens (including phenoxy) is 2. The summed E-state index contributed by atoms with van der Waals surface area (Å²) in [6, 6.07) is 22.2. The van der Waals surface area contributed by atoms with Crippen LogP contribution in [0.3, 0.4) is 0 Å². The topological polar surface area (TPSA) is 35.5 Å². The van der Waals surface area contributed by atoms with Crippen molar-refractivity contribution in [3.05, 3.63) is 77.9 Å². The van der Waals surface area contributed by atoms with Gasteiger partial charge in [0, 0.05) is 11.3 Å². The summed E-state index contributed by atoms with van der Waals surface area (Å²) in [5.74, 6) is 1.77. The molecule has 0 N–H and O–H groups in total.